The molecule has 0 aliphatic heterocycles. The van der Waals surface area contributed by atoms with Gasteiger partial charge in [-0.25, -0.2) is 0 Å². The maximum Gasteiger partial charge on any atom is 0.304 e. The molecule has 4 heteroatoms. The van der Waals surface area contributed by atoms with E-state index in [9.17, 15) is 9.90 Å². The molecule has 0 bridgehead atoms. The van der Waals surface area contributed by atoms with Crippen LogP contribution >= 0.6 is 0 Å². The summed E-state index contributed by atoms with van der Waals surface area (Å²) < 4.78 is 0. The monoisotopic (exact) mass is 217 g/mol. The largest absolute Gasteiger partial charge is 0.481 e. The minimum Gasteiger partial charge on any atom is -0.481 e. The minimum atomic E-state index is -0.777. The average Bonchev–Trinajstić information content (AvgIpc) is 2.13. The Kier molecular flexibility index (Phi) is 8.33. The van der Waals surface area contributed by atoms with E-state index in [1.165, 1.54) is 0 Å². The van der Waals surface area contributed by atoms with Gasteiger partial charge in [0, 0.05) is 13.1 Å². The van der Waals surface area contributed by atoms with Crippen molar-refractivity contribution in [2.24, 2.45) is 0 Å². The number of aliphatic hydroxyl groups excluding tert-OH is 1. The summed E-state index contributed by atoms with van der Waals surface area (Å²) in [6.45, 7) is 5.84. The molecule has 0 saturated carbocycles. The van der Waals surface area contributed by atoms with Crippen molar-refractivity contribution >= 4 is 5.97 Å². The zero-order chi connectivity index (χ0) is 11.7. The lowest BCUT2D eigenvalue weighted by molar-refractivity contribution is -0.137. The van der Waals surface area contributed by atoms with Crippen LogP contribution in [0.5, 0.6) is 0 Å². The fraction of sp³-hybridized carbons (Fsp3) is 0.909. The number of carbonyl (C=O) groups is 1. The number of carboxylic acid groups (broad SMARTS) is 1. The predicted octanol–water partition coefficient (Wildman–Crippen LogP) is 1.33. The fourth-order valence-electron chi connectivity index (χ4n) is 1.51. The van der Waals surface area contributed by atoms with Crippen LogP contribution in [0, 0.1) is 0 Å². The highest BCUT2D eigenvalue weighted by Crippen LogP contribution is 2.01. The van der Waals surface area contributed by atoms with E-state index < -0.39 is 5.97 Å². The van der Waals surface area contributed by atoms with E-state index in [0.29, 0.717) is 13.1 Å². The molecule has 0 aromatic rings. The Bertz CT molecular complexity index is 171. The van der Waals surface area contributed by atoms with E-state index in [-0.39, 0.29) is 12.5 Å². The maximum absolute atomic E-state index is 10.4. The standard InChI is InChI=1S/C11H23NO3/c1-3-4-5-7-12(9-10(2)13)8-6-11(14)15/h10,13H,3-9H2,1-2H3,(H,14,15). The van der Waals surface area contributed by atoms with Crippen molar-refractivity contribution in [1.82, 2.24) is 4.90 Å². The van der Waals surface area contributed by atoms with E-state index >= 15 is 0 Å². The lowest BCUT2D eigenvalue weighted by Gasteiger charge is -2.22. The van der Waals surface area contributed by atoms with E-state index in [1.807, 2.05) is 4.90 Å². The van der Waals surface area contributed by atoms with Crippen molar-refractivity contribution in [3.8, 4) is 0 Å². The summed E-state index contributed by atoms with van der Waals surface area (Å²) in [4.78, 5) is 12.5. The maximum atomic E-state index is 10.4. The van der Waals surface area contributed by atoms with Crippen molar-refractivity contribution in [3.63, 3.8) is 0 Å². The molecule has 2 N–H and O–H groups in total. The first-order valence-electron chi connectivity index (χ1n) is 5.68. The van der Waals surface area contributed by atoms with Gasteiger partial charge in [-0.05, 0) is 19.9 Å². The van der Waals surface area contributed by atoms with Crippen LogP contribution in [0.25, 0.3) is 0 Å². The second-order valence-corrected chi connectivity index (χ2v) is 4.00. The molecule has 1 atom stereocenters. The molecule has 0 rings (SSSR count). The molecular formula is C11H23NO3. The van der Waals surface area contributed by atoms with Crippen LogP contribution in [0.4, 0.5) is 0 Å². The Hall–Kier alpha value is -0.610. The Morgan fingerprint density at radius 3 is 2.47 bits per heavy atom. The first-order chi connectivity index (χ1) is 7.06. The predicted molar refractivity (Wildman–Crippen MR) is 59.9 cm³/mol. The summed E-state index contributed by atoms with van der Waals surface area (Å²) in [5, 5.41) is 17.8. The number of hydrogen-bond acceptors (Lipinski definition) is 3. The van der Waals surface area contributed by atoms with Crippen molar-refractivity contribution in [3.05, 3.63) is 0 Å². The summed E-state index contributed by atoms with van der Waals surface area (Å²) >= 11 is 0. The molecule has 0 saturated heterocycles. The first-order valence-corrected chi connectivity index (χ1v) is 5.68. The highest BCUT2D eigenvalue weighted by molar-refractivity contribution is 5.66. The number of carboxylic acids is 1. The van der Waals surface area contributed by atoms with E-state index in [2.05, 4.69) is 6.92 Å². The van der Waals surface area contributed by atoms with Crippen LogP contribution in [0.3, 0.4) is 0 Å². The Balaban J connectivity index is 3.78. The van der Waals surface area contributed by atoms with Gasteiger partial charge in [0.05, 0.1) is 12.5 Å². The van der Waals surface area contributed by atoms with Crippen LogP contribution in [-0.2, 0) is 4.79 Å². The molecule has 0 aliphatic rings. The summed E-state index contributed by atoms with van der Waals surface area (Å²) in [7, 11) is 0. The van der Waals surface area contributed by atoms with Crippen molar-refractivity contribution in [2.75, 3.05) is 19.6 Å². The molecule has 0 amide bonds. The molecule has 0 spiro atoms. The lowest BCUT2D eigenvalue weighted by Crippen LogP contribution is -2.33. The van der Waals surface area contributed by atoms with E-state index in [4.69, 9.17) is 5.11 Å². The third-order valence-electron chi connectivity index (χ3n) is 2.24. The van der Waals surface area contributed by atoms with Crippen LogP contribution in [0.2, 0.25) is 0 Å². The van der Waals surface area contributed by atoms with Crippen LogP contribution in [0.1, 0.15) is 39.5 Å². The lowest BCUT2D eigenvalue weighted by atomic mass is 10.2. The van der Waals surface area contributed by atoms with Gasteiger partial charge in [0.15, 0.2) is 0 Å². The molecule has 0 radical (unpaired) electrons. The number of unbranched alkanes of at least 4 members (excludes halogenated alkanes) is 2. The van der Waals surface area contributed by atoms with Crippen molar-refractivity contribution in [1.29, 1.82) is 0 Å². The zero-order valence-corrected chi connectivity index (χ0v) is 9.78. The fourth-order valence-corrected chi connectivity index (χ4v) is 1.51. The van der Waals surface area contributed by atoms with Gasteiger partial charge in [-0.15, -0.1) is 0 Å². The second-order valence-electron chi connectivity index (χ2n) is 4.00. The normalized spacial score (nSPS) is 13.1. The molecule has 0 aliphatic carbocycles. The highest BCUT2D eigenvalue weighted by Gasteiger charge is 2.09. The zero-order valence-electron chi connectivity index (χ0n) is 9.78. The number of rotatable bonds is 9. The SMILES string of the molecule is CCCCCN(CCC(=O)O)CC(C)O. The van der Waals surface area contributed by atoms with Crippen LogP contribution in [-0.4, -0.2) is 46.8 Å². The van der Waals surface area contributed by atoms with Gasteiger partial charge in [-0.2, -0.15) is 0 Å². The Labute approximate surface area is 91.9 Å². The van der Waals surface area contributed by atoms with Crippen LogP contribution in [0.15, 0.2) is 0 Å². The van der Waals surface area contributed by atoms with E-state index in [1.54, 1.807) is 6.92 Å². The molecule has 0 heterocycles. The number of nitrogens with zero attached hydrogens (tertiary/aromatic N) is 1. The number of aliphatic hydroxyl groups is 1. The number of hydrogen-bond donors (Lipinski definition) is 2. The first kappa shape index (κ1) is 14.4. The molecule has 0 fully saturated rings. The Morgan fingerprint density at radius 1 is 1.33 bits per heavy atom. The summed E-state index contributed by atoms with van der Waals surface area (Å²) in [6, 6.07) is 0. The number of aliphatic carboxylic acids is 1. The molecule has 0 aromatic carbocycles. The van der Waals surface area contributed by atoms with Gasteiger partial charge in [-0.1, -0.05) is 19.8 Å². The third kappa shape index (κ3) is 9.69. The van der Waals surface area contributed by atoms with Crippen molar-refractivity contribution < 1.29 is 15.0 Å². The average molecular weight is 217 g/mol. The van der Waals surface area contributed by atoms with Gasteiger partial charge in [-0.3, -0.25) is 4.79 Å². The van der Waals surface area contributed by atoms with E-state index in [0.717, 1.165) is 25.8 Å². The smallest absolute Gasteiger partial charge is 0.304 e. The van der Waals surface area contributed by atoms with Gasteiger partial charge >= 0.3 is 5.97 Å². The summed E-state index contributed by atoms with van der Waals surface area (Å²) in [5.74, 6) is -0.777. The van der Waals surface area contributed by atoms with Crippen molar-refractivity contribution in [2.45, 2.75) is 45.6 Å². The Morgan fingerprint density at radius 2 is 2.00 bits per heavy atom. The second kappa shape index (κ2) is 8.68. The van der Waals surface area contributed by atoms with Gasteiger partial charge in [0.1, 0.15) is 0 Å². The molecule has 1 unspecified atom stereocenters. The van der Waals surface area contributed by atoms with Gasteiger partial charge < -0.3 is 15.1 Å². The summed E-state index contributed by atoms with van der Waals surface area (Å²) in [6.07, 6.45) is 3.15. The quantitative estimate of drug-likeness (QED) is 0.572. The van der Waals surface area contributed by atoms with Crippen LogP contribution < -0.4 is 0 Å². The molecule has 4 nitrogen and oxygen atoms in total. The highest BCUT2D eigenvalue weighted by atomic mass is 16.4. The minimum absolute atomic E-state index is 0.152. The molecule has 0 aromatic heterocycles. The molecule has 90 valence electrons. The van der Waals surface area contributed by atoms with Gasteiger partial charge in [0.25, 0.3) is 0 Å². The molecular weight excluding hydrogens is 194 g/mol. The topological polar surface area (TPSA) is 60.8 Å². The van der Waals surface area contributed by atoms with Gasteiger partial charge in [0.2, 0.25) is 0 Å². The third-order valence-corrected chi connectivity index (χ3v) is 2.24. The summed E-state index contributed by atoms with van der Waals surface area (Å²) in [5.41, 5.74) is 0. The molecule has 15 heavy (non-hydrogen) atoms.